The number of carbonyl (C=O) groups is 2. The summed E-state index contributed by atoms with van der Waals surface area (Å²) in [6.07, 6.45) is 3.47. The molecule has 0 saturated carbocycles. The Kier molecular flexibility index (Phi) is 7.83. The molecule has 2 rings (SSSR count). The highest BCUT2D eigenvalue weighted by atomic mass is 35.5. The van der Waals surface area contributed by atoms with E-state index < -0.39 is 17.6 Å². The minimum atomic E-state index is -0.566. The van der Waals surface area contributed by atoms with Gasteiger partial charge in [-0.05, 0) is 48.4 Å². The number of methoxy groups -OCH3 is 1. The summed E-state index contributed by atoms with van der Waals surface area (Å²) >= 11 is 5.68. The number of hydrazine groups is 1. The highest BCUT2D eigenvalue weighted by Gasteiger charge is 2.11. The Morgan fingerprint density at radius 3 is 2.61 bits per heavy atom. The number of nitrogens with one attached hydrogen (secondary N) is 2. The van der Waals surface area contributed by atoms with Gasteiger partial charge >= 0.3 is 0 Å². The van der Waals surface area contributed by atoms with E-state index in [1.807, 2.05) is 6.92 Å². The number of benzene rings is 2. The van der Waals surface area contributed by atoms with Gasteiger partial charge in [0, 0.05) is 11.6 Å². The van der Waals surface area contributed by atoms with Crippen LogP contribution in [0.4, 0.5) is 4.39 Å². The minimum absolute atomic E-state index is 0.0452. The van der Waals surface area contributed by atoms with Gasteiger partial charge in [-0.25, -0.2) is 4.39 Å². The van der Waals surface area contributed by atoms with Gasteiger partial charge in [0.2, 0.25) is 0 Å². The van der Waals surface area contributed by atoms with Gasteiger partial charge in [0.25, 0.3) is 11.8 Å². The number of rotatable bonds is 7. The van der Waals surface area contributed by atoms with E-state index in [1.54, 1.807) is 12.1 Å². The Morgan fingerprint density at radius 2 is 1.93 bits per heavy atom. The molecule has 2 aromatic carbocycles. The van der Waals surface area contributed by atoms with Gasteiger partial charge in [0.1, 0.15) is 5.82 Å². The molecule has 6 nitrogen and oxygen atoms in total. The van der Waals surface area contributed by atoms with Crippen molar-refractivity contribution in [3.63, 3.8) is 0 Å². The molecule has 0 aliphatic carbocycles. The third-order valence-electron chi connectivity index (χ3n) is 3.56. The van der Waals surface area contributed by atoms with E-state index in [9.17, 15) is 14.0 Å². The molecule has 0 atom stereocenters. The normalized spacial score (nSPS) is 10.6. The molecule has 0 aromatic heterocycles. The van der Waals surface area contributed by atoms with Gasteiger partial charge in [-0.1, -0.05) is 24.6 Å². The molecule has 0 spiro atoms. The van der Waals surface area contributed by atoms with Gasteiger partial charge in [0.15, 0.2) is 11.5 Å². The molecular weight excluding hydrogens is 387 g/mol. The molecule has 0 bridgehead atoms. The van der Waals surface area contributed by atoms with Crippen LogP contribution in [0.15, 0.2) is 42.5 Å². The van der Waals surface area contributed by atoms with Crippen LogP contribution in [0.5, 0.6) is 11.5 Å². The molecule has 2 N–H and O–H groups in total. The van der Waals surface area contributed by atoms with Crippen LogP contribution in [-0.2, 0) is 4.79 Å². The number of hydrogen-bond donors (Lipinski definition) is 2. The van der Waals surface area contributed by atoms with Crippen molar-refractivity contribution in [2.45, 2.75) is 13.3 Å². The lowest BCUT2D eigenvalue weighted by atomic mass is 10.2. The predicted molar refractivity (Wildman–Crippen MR) is 105 cm³/mol. The van der Waals surface area contributed by atoms with Crippen LogP contribution in [0, 0.1) is 5.82 Å². The molecule has 0 saturated heterocycles. The summed E-state index contributed by atoms with van der Waals surface area (Å²) in [5.41, 5.74) is 5.39. The van der Waals surface area contributed by atoms with E-state index in [0.29, 0.717) is 23.7 Å². The molecular formula is C20H20ClFN2O4. The number of ether oxygens (including phenoxy) is 2. The average Bonchev–Trinajstić information content (AvgIpc) is 2.71. The van der Waals surface area contributed by atoms with Crippen molar-refractivity contribution in [3.05, 3.63) is 64.4 Å². The van der Waals surface area contributed by atoms with Gasteiger partial charge in [-0.2, -0.15) is 0 Å². The van der Waals surface area contributed by atoms with Crippen molar-refractivity contribution in [1.82, 2.24) is 10.9 Å². The maximum Gasteiger partial charge on any atom is 0.269 e. The van der Waals surface area contributed by atoms with Gasteiger partial charge in [0.05, 0.1) is 18.7 Å². The summed E-state index contributed by atoms with van der Waals surface area (Å²) in [7, 11) is 1.48. The van der Waals surface area contributed by atoms with Crippen molar-refractivity contribution < 1.29 is 23.5 Å². The Bertz CT molecular complexity index is 887. The minimum Gasteiger partial charge on any atom is -0.493 e. The molecule has 148 valence electrons. The van der Waals surface area contributed by atoms with Gasteiger partial charge in [-0.3, -0.25) is 20.4 Å². The van der Waals surface area contributed by atoms with E-state index in [0.717, 1.165) is 6.42 Å². The van der Waals surface area contributed by atoms with Gasteiger partial charge < -0.3 is 9.47 Å². The number of amides is 2. The standard InChI is InChI=1S/C20H20ClFN2O4/c1-3-10-28-17-8-6-14(12-18(17)27-2)20(26)24-23-19(25)9-5-13-4-7-16(22)15(21)11-13/h4-9,11-12H,3,10H2,1-2H3,(H,23,25)(H,24,26)/b9-5+. The zero-order valence-corrected chi connectivity index (χ0v) is 16.2. The van der Waals surface area contributed by atoms with Crippen LogP contribution in [-0.4, -0.2) is 25.5 Å². The molecule has 0 unspecified atom stereocenters. The van der Waals surface area contributed by atoms with E-state index in [4.69, 9.17) is 21.1 Å². The summed E-state index contributed by atoms with van der Waals surface area (Å²) in [5, 5.41) is -0.0452. The smallest absolute Gasteiger partial charge is 0.269 e. The summed E-state index contributed by atoms with van der Waals surface area (Å²) in [6.45, 7) is 2.51. The van der Waals surface area contributed by atoms with Crippen molar-refractivity contribution in [2.75, 3.05) is 13.7 Å². The largest absolute Gasteiger partial charge is 0.493 e. The van der Waals surface area contributed by atoms with Crippen molar-refractivity contribution in [2.24, 2.45) is 0 Å². The van der Waals surface area contributed by atoms with Crippen LogP contribution in [0.25, 0.3) is 6.08 Å². The zero-order chi connectivity index (χ0) is 20.5. The number of halogens is 2. The first-order valence-electron chi connectivity index (χ1n) is 8.49. The second-order valence-electron chi connectivity index (χ2n) is 5.66. The molecule has 0 heterocycles. The Labute approximate surface area is 167 Å². The van der Waals surface area contributed by atoms with Crippen LogP contribution in [0.3, 0.4) is 0 Å². The van der Waals surface area contributed by atoms with Crippen molar-refractivity contribution in [3.8, 4) is 11.5 Å². The zero-order valence-electron chi connectivity index (χ0n) is 15.4. The Balaban J connectivity index is 1.94. The molecule has 28 heavy (non-hydrogen) atoms. The lowest BCUT2D eigenvalue weighted by Crippen LogP contribution is -2.40. The van der Waals surface area contributed by atoms with E-state index in [2.05, 4.69) is 10.9 Å². The fraction of sp³-hybridized carbons (Fsp3) is 0.200. The van der Waals surface area contributed by atoms with Crippen molar-refractivity contribution in [1.29, 1.82) is 0 Å². The average molecular weight is 407 g/mol. The quantitative estimate of drug-likeness (QED) is 0.542. The highest BCUT2D eigenvalue weighted by Crippen LogP contribution is 2.28. The third-order valence-corrected chi connectivity index (χ3v) is 3.85. The molecule has 0 aliphatic rings. The van der Waals surface area contributed by atoms with Crippen LogP contribution >= 0.6 is 11.6 Å². The monoisotopic (exact) mass is 406 g/mol. The first-order chi connectivity index (χ1) is 13.4. The lowest BCUT2D eigenvalue weighted by molar-refractivity contribution is -0.117. The SMILES string of the molecule is CCCOc1ccc(C(=O)NNC(=O)/C=C/c2ccc(F)c(Cl)c2)cc1OC. The maximum absolute atomic E-state index is 13.1. The second-order valence-corrected chi connectivity index (χ2v) is 6.07. The Hall–Kier alpha value is -3.06. The second kappa shape index (κ2) is 10.3. The topological polar surface area (TPSA) is 76.7 Å². The molecule has 8 heteroatoms. The fourth-order valence-corrected chi connectivity index (χ4v) is 2.35. The van der Waals surface area contributed by atoms with E-state index >= 15 is 0 Å². The maximum atomic E-state index is 13.1. The summed E-state index contributed by atoms with van der Waals surface area (Å²) < 4.78 is 23.9. The lowest BCUT2D eigenvalue weighted by Gasteiger charge is -2.12. The molecule has 0 aliphatic heterocycles. The highest BCUT2D eigenvalue weighted by molar-refractivity contribution is 6.30. The van der Waals surface area contributed by atoms with Crippen LogP contribution in [0.2, 0.25) is 5.02 Å². The molecule has 0 fully saturated rings. The Morgan fingerprint density at radius 1 is 1.14 bits per heavy atom. The number of hydrogen-bond acceptors (Lipinski definition) is 4. The molecule has 2 aromatic rings. The first-order valence-corrected chi connectivity index (χ1v) is 8.86. The summed E-state index contributed by atoms with van der Waals surface area (Å²) in [6, 6.07) is 8.76. The van der Waals surface area contributed by atoms with E-state index in [-0.39, 0.29) is 10.6 Å². The van der Waals surface area contributed by atoms with E-state index in [1.165, 1.54) is 43.5 Å². The molecule has 2 amide bonds. The van der Waals surface area contributed by atoms with Crippen molar-refractivity contribution >= 4 is 29.5 Å². The third kappa shape index (κ3) is 5.99. The van der Waals surface area contributed by atoms with Gasteiger partial charge in [-0.15, -0.1) is 0 Å². The first kappa shape index (κ1) is 21.2. The summed E-state index contributed by atoms with van der Waals surface area (Å²) in [5.74, 6) is -0.681. The fourth-order valence-electron chi connectivity index (χ4n) is 2.16. The summed E-state index contributed by atoms with van der Waals surface area (Å²) in [4.78, 5) is 24.0. The molecule has 0 radical (unpaired) electrons. The number of carbonyl (C=O) groups excluding carboxylic acids is 2. The van der Waals surface area contributed by atoms with Crippen LogP contribution in [0.1, 0.15) is 29.3 Å². The van der Waals surface area contributed by atoms with Crippen LogP contribution < -0.4 is 20.3 Å². The predicted octanol–water partition coefficient (Wildman–Crippen LogP) is 3.75.